The Morgan fingerprint density at radius 3 is 2.60 bits per heavy atom. The fourth-order valence-electron chi connectivity index (χ4n) is 1.27. The lowest BCUT2D eigenvalue weighted by atomic mass is 10.2. The number of nitrogens with zero attached hydrogens (tertiary/aromatic N) is 1. The number of methoxy groups -OCH3 is 1. The number of nitrogens with two attached hydrogens (primary N) is 2. The number of ether oxygens (including phenoxy) is 2. The highest BCUT2D eigenvalue weighted by Crippen LogP contribution is 2.28. The first-order chi connectivity index (χ1) is 9.43. The highest BCUT2D eigenvalue weighted by molar-refractivity contribution is 5.79. The fraction of sp³-hybridized carbons (Fsp3) is 0.308. The largest absolute Gasteiger partial charge is 0.493 e. The minimum Gasteiger partial charge on any atom is -0.493 e. The van der Waals surface area contributed by atoms with Crippen molar-refractivity contribution in [3.05, 3.63) is 23.8 Å². The number of rotatable bonds is 5. The SMILES string of the molecule is COc1cc(C=[NH+]N=C(N)N)ccc1OC(=O)C(C)C. The number of carbonyl (C=O) groups excluding carboxylic acids is 1. The van der Waals surface area contributed by atoms with Crippen molar-refractivity contribution in [3.63, 3.8) is 0 Å². The lowest BCUT2D eigenvalue weighted by Gasteiger charge is -2.10. The molecule has 0 amide bonds. The van der Waals surface area contributed by atoms with Crippen molar-refractivity contribution in [2.24, 2.45) is 22.5 Å². The topological polar surface area (TPSA) is 114 Å². The maximum absolute atomic E-state index is 11.6. The van der Waals surface area contributed by atoms with Crippen molar-refractivity contribution >= 4 is 18.1 Å². The molecule has 108 valence electrons. The number of esters is 1. The van der Waals surface area contributed by atoms with Crippen LogP contribution in [0.5, 0.6) is 11.5 Å². The number of benzene rings is 1. The van der Waals surface area contributed by atoms with Gasteiger partial charge in [0.25, 0.3) is 5.96 Å². The van der Waals surface area contributed by atoms with E-state index in [1.165, 1.54) is 7.11 Å². The first kappa shape index (κ1) is 15.5. The van der Waals surface area contributed by atoms with E-state index in [1.807, 2.05) is 0 Å². The second kappa shape index (κ2) is 7.13. The Labute approximate surface area is 117 Å². The molecule has 0 aromatic heterocycles. The third kappa shape index (κ3) is 4.60. The van der Waals surface area contributed by atoms with E-state index in [0.29, 0.717) is 11.5 Å². The van der Waals surface area contributed by atoms with Crippen LogP contribution in [0.1, 0.15) is 19.4 Å². The summed E-state index contributed by atoms with van der Waals surface area (Å²) in [6, 6.07) is 5.07. The van der Waals surface area contributed by atoms with E-state index in [1.54, 1.807) is 38.3 Å². The number of guanidine groups is 1. The smallest absolute Gasteiger partial charge is 0.313 e. The third-order valence-corrected chi connectivity index (χ3v) is 2.29. The first-order valence-corrected chi connectivity index (χ1v) is 6.01. The molecular weight excluding hydrogens is 260 g/mol. The van der Waals surface area contributed by atoms with Crippen molar-refractivity contribution in [2.45, 2.75) is 13.8 Å². The predicted molar refractivity (Wildman–Crippen MR) is 75.4 cm³/mol. The second-order valence-electron chi connectivity index (χ2n) is 4.30. The molecule has 0 saturated heterocycles. The van der Waals surface area contributed by atoms with Gasteiger partial charge in [-0.25, -0.2) is 0 Å². The van der Waals surface area contributed by atoms with E-state index in [0.717, 1.165) is 5.56 Å². The lowest BCUT2D eigenvalue weighted by Crippen LogP contribution is -2.63. The molecule has 0 unspecified atom stereocenters. The molecule has 1 rings (SSSR count). The van der Waals surface area contributed by atoms with E-state index >= 15 is 0 Å². The molecule has 0 radical (unpaired) electrons. The highest BCUT2D eigenvalue weighted by Gasteiger charge is 2.13. The normalized spacial score (nSPS) is 10.6. The molecule has 7 nitrogen and oxygen atoms in total. The Hall–Kier alpha value is -2.57. The fourth-order valence-corrected chi connectivity index (χ4v) is 1.27. The maximum atomic E-state index is 11.6. The molecular formula is C13H19N4O3+. The lowest BCUT2D eigenvalue weighted by molar-refractivity contribution is -0.456. The van der Waals surface area contributed by atoms with Crippen LogP contribution in [0.2, 0.25) is 0 Å². The van der Waals surface area contributed by atoms with Crippen LogP contribution in [-0.2, 0) is 4.79 Å². The van der Waals surface area contributed by atoms with Gasteiger partial charge in [0.15, 0.2) is 11.5 Å². The summed E-state index contributed by atoms with van der Waals surface area (Å²) in [4.78, 5) is 11.6. The minimum atomic E-state index is -0.321. The predicted octanol–water partition coefficient (Wildman–Crippen LogP) is -1.06. The van der Waals surface area contributed by atoms with Gasteiger partial charge in [-0.3, -0.25) is 4.79 Å². The van der Waals surface area contributed by atoms with Gasteiger partial charge in [0, 0.05) is 10.7 Å². The molecule has 0 saturated carbocycles. The molecule has 20 heavy (non-hydrogen) atoms. The van der Waals surface area contributed by atoms with Crippen molar-refractivity contribution in [1.29, 1.82) is 0 Å². The van der Waals surface area contributed by atoms with Crippen LogP contribution in [0.4, 0.5) is 0 Å². The van der Waals surface area contributed by atoms with E-state index in [2.05, 4.69) is 10.2 Å². The average Bonchev–Trinajstić information content (AvgIpc) is 2.39. The Morgan fingerprint density at radius 1 is 1.35 bits per heavy atom. The zero-order valence-electron chi connectivity index (χ0n) is 11.7. The van der Waals surface area contributed by atoms with Crippen molar-refractivity contribution in [3.8, 4) is 11.5 Å². The summed E-state index contributed by atoms with van der Waals surface area (Å²) in [5.74, 6) is 0.202. The van der Waals surface area contributed by atoms with Crippen LogP contribution in [0.25, 0.3) is 0 Å². The summed E-state index contributed by atoms with van der Waals surface area (Å²) in [6.45, 7) is 3.52. The molecule has 0 aliphatic heterocycles. The molecule has 0 heterocycles. The Bertz CT molecular complexity index is 534. The molecule has 1 aromatic rings. The Balaban J connectivity index is 2.93. The third-order valence-electron chi connectivity index (χ3n) is 2.29. The molecule has 7 heteroatoms. The van der Waals surface area contributed by atoms with Gasteiger partial charge in [-0.2, -0.15) is 0 Å². The molecule has 0 aliphatic rings. The number of hydrazone groups is 1. The number of nitrogens with one attached hydrogen (secondary N) is 1. The summed E-state index contributed by atoms with van der Waals surface area (Å²) in [5, 5.41) is 6.19. The minimum absolute atomic E-state index is 0.0734. The van der Waals surface area contributed by atoms with E-state index in [4.69, 9.17) is 20.9 Å². The molecule has 0 atom stereocenters. The number of hydrogen-bond acceptors (Lipinski definition) is 4. The summed E-state index contributed by atoms with van der Waals surface area (Å²) in [5.41, 5.74) is 11.1. The van der Waals surface area contributed by atoms with E-state index in [9.17, 15) is 4.79 Å². The van der Waals surface area contributed by atoms with Gasteiger partial charge in [-0.05, 0) is 18.2 Å². The first-order valence-electron chi connectivity index (χ1n) is 6.01. The van der Waals surface area contributed by atoms with Gasteiger partial charge in [0.05, 0.1) is 13.0 Å². The number of hydrogen-bond donors (Lipinski definition) is 3. The molecule has 0 fully saturated rings. The van der Waals surface area contributed by atoms with Crippen LogP contribution >= 0.6 is 0 Å². The van der Waals surface area contributed by atoms with Crippen molar-refractivity contribution in [2.75, 3.05) is 7.11 Å². The van der Waals surface area contributed by atoms with Crippen LogP contribution < -0.4 is 26.0 Å². The van der Waals surface area contributed by atoms with Gasteiger partial charge in [0.2, 0.25) is 6.21 Å². The standard InChI is InChI=1S/C13H18N4O3/c1-8(2)12(18)20-10-5-4-9(6-11(10)19-3)7-16-17-13(14)15/h4-8H,1-3H3,(H4,14,15,17)/p+1. The summed E-state index contributed by atoms with van der Waals surface area (Å²) < 4.78 is 10.4. The molecule has 0 spiro atoms. The average molecular weight is 279 g/mol. The molecule has 5 N–H and O–H groups in total. The van der Waals surface area contributed by atoms with Crippen LogP contribution in [0.15, 0.2) is 23.3 Å². The van der Waals surface area contributed by atoms with E-state index < -0.39 is 0 Å². The van der Waals surface area contributed by atoms with Crippen LogP contribution in [0.3, 0.4) is 0 Å². The Kier molecular flexibility index (Phi) is 5.52. The number of carbonyl (C=O) groups is 1. The quantitative estimate of drug-likeness (QED) is 0.209. The maximum Gasteiger partial charge on any atom is 0.313 e. The van der Waals surface area contributed by atoms with E-state index in [-0.39, 0.29) is 17.8 Å². The van der Waals surface area contributed by atoms with Crippen molar-refractivity contribution in [1.82, 2.24) is 0 Å². The van der Waals surface area contributed by atoms with Crippen molar-refractivity contribution < 1.29 is 19.4 Å². The monoisotopic (exact) mass is 279 g/mol. The van der Waals surface area contributed by atoms with Gasteiger partial charge >= 0.3 is 5.97 Å². The van der Waals surface area contributed by atoms with Gasteiger partial charge in [-0.15, -0.1) is 5.10 Å². The highest BCUT2D eigenvalue weighted by atomic mass is 16.6. The van der Waals surface area contributed by atoms with Crippen LogP contribution in [-0.4, -0.2) is 25.3 Å². The summed E-state index contributed by atoms with van der Waals surface area (Å²) in [6.07, 6.45) is 1.58. The zero-order chi connectivity index (χ0) is 15.1. The van der Waals surface area contributed by atoms with Gasteiger partial charge in [0.1, 0.15) is 0 Å². The summed E-state index contributed by atoms with van der Waals surface area (Å²) in [7, 11) is 1.50. The van der Waals surface area contributed by atoms with Crippen LogP contribution in [0, 0.1) is 5.92 Å². The van der Waals surface area contributed by atoms with Gasteiger partial charge < -0.3 is 20.9 Å². The van der Waals surface area contributed by atoms with Gasteiger partial charge in [-0.1, -0.05) is 13.8 Å². The second-order valence-corrected chi connectivity index (χ2v) is 4.30. The molecule has 0 aliphatic carbocycles. The zero-order valence-corrected chi connectivity index (χ0v) is 11.7. The molecule has 0 bridgehead atoms. The summed E-state index contributed by atoms with van der Waals surface area (Å²) >= 11 is 0. The Morgan fingerprint density at radius 2 is 2.05 bits per heavy atom. The molecule has 1 aromatic carbocycles.